The van der Waals surface area contributed by atoms with Crippen molar-refractivity contribution < 1.29 is 5.11 Å². The quantitative estimate of drug-likeness (QED) is 0.621. The van der Waals surface area contributed by atoms with Gasteiger partial charge in [0.2, 0.25) is 0 Å². The Hall–Kier alpha value is -0.820. The lowest BCUT2D eigenvalue weighted by Gasteiger charge is -2.26. The first-order valence-corrected chi connectivity index (χ1v) is 4.56. The molecule has 0 aliphatic heterocycles. The van der Waals surface area contributed by atoms with Crippen molar-refractivity contribution in [3.8, 4) is 0 Å². The van der Waals surface area contributed by atoms with E-state index in [1.807, 2.05) is 18.2 Å². The van der Waals surface area contributed by atoms with E-state index in [1.165, 1.54) is 5.56 Å². The smallest absolute Gasteiger partial charge is 0.0793 e. The zero-order valence-electron chi connectivity index (χ0n) is 7.33. The SMILES string of the molecule is C[C@H]1CC[C@@H](O)c2ccccc21. The molecule has 1 nitrogen and oxygen atoms in total. The lowest BCUT2D eigenvalue weighted by Crippen LogP contribution is -2.11. The number of fused-ring (bicyclic) bond motifs is 1. The number of aliphatic hydroxyl groups excluding tert-OH is 1. The molecule has 0 unspecified atom stereocenters. The van der Waals surface area contributed by atoms with Crippen LogP contribution in [0, 0.1) is 0 Å². The van der Waals surface area contributed by atoms with Gasteiger partial charge in [-0.15, -0.1) is 0 Å². The molecule has 0 saturated carbocycles. The molecule has 0 spiro atoms. The molecule has 1 aliphatic rings. The van der Waals surface area contributed by atoms with Crippen molar-refractivity contribution in [2.24, 2.45) is 0 Å². The van der Waals surface area contributed by atoms with Gasteiger partial charge in [-0.05, 0) is 29.9 Å². The Morgan fingerprint density at radius 2 is 1.83 bits per heavy atom. The van der Waals surface area contributed by atoms with Gasteiger partial charge in [0.05, 0.1) is 6.10 Å². The molecule has 1 aromatic carbocycles. The Morgan fingerprint density at radius 1 is 1.17 bits per heavy atom. The molecule has 1 heteroatoms. The van der Waals surface area contributed by atoms with Crippen LogP contribution in [-0.4, -0.2) is 5.11 Å². The third kappa shape index (κ3) is 1.14. The Bertz CT molecular complexity index is 251. The molecular formula is C11H14O. The second-order valence-electron chi connectivity index (χ2n) is 3.62. The number of aliphatic hydroxyl groups is 1. The van der Waals surface area contributed by atoms with Gasteiger partial charge in [0.15, 0.2) is 0 Å². The minimum absolute atomic E-state index is 0.225. The van der Waals surface area contributed by atoms with Crippen LogP contribution in [0.4, 0.5) is 0 Å². The van der Waals surface area contributed by atoms with Crippen molar-refractivity contribution in [3.63, 3.8) is 0 Å². The highest BCUT2D eigenvalue weighted by molar-refractivity contribution is 5.33. The largest absolute Gasteiger partial charge is 0.388 e. The van der Waals surface area contributed by atoms with Crippen molar-refractivity contribution in [2.75, 3.05) is 0 Å². The highest BCUT2D eigenvalue weighted by Crippen LogP contribution is 2.36. The fraction of sp³-hybridized carbons (Fsp3) is 0.455. The summed E-state index contributed by atoms with van der Waals surface area (Å²) in [5, 5.41) is 9.68. The third-order valence-corrected chi connectivity index (χ3v) is 2.76. The predicted molar refractivity (Wildman–Crippen MR) is 49.1 cm³/mol. The zero-order chi connectivity index (χ0) is 8.55. The summed E-state index contributed by atoms with van der Waals surface area (Å²) < 4.78 is 0. The van der Waals surface area contributed by atoms with Gasteiger partial charge in [0, 0.05) is 0 Å². The molecule has 2 rings (SSSR count). The molecule has 0 amide bonds. The van der Waals surface area contributed by atoms with E-state index in [4.69, 9.17) is 0 Å². The monoisotopic (exact) mass is 162 g/mol. The molecule has 12 heavy (non-hydrogen) atoms. The van der Waals surface area contributed by atoms with Gasteiger partial charge in [-0.25, -0.2) is 0 Å². The molecule has 1 aromatic rings. The minimum Gasteiger partial charge on any atom is -0.388 e. The Balaban J connectivity index is 2.47. The van der Waals surface area contributed by atoms with E-state index in [2.05, 4.69) is 13.0 Å². The lowest BCUT2D eigenvalue weighted by molar-refractivity contribution is 0.151. The average Bonchev–Trinajstić information content (AvgIpc) is 2.12. The molecule has 2 atom stereocenters. The first-order valence-electron chi connectivity index (χ1n) is 4.56. The molecular weight excluding hydrogens is 148 g/mol. The first-order chi connectivity index (χ1) is 5.79. The minimum atomic E-state index is -0.225. The molecule has 0 aromatic heterocycles. The maximum absolute atomic E-state index is 9.68. The standard InChI is InChI=1S/C11H14O/c1-8-6-7-11(12)10-5-3-2-4-9(8)10/h2-5,8,11-12H,6-7H2,1H3/t8-,11+/m0/s1. The normalized spacial score (nSPS) is 28.2. The molecule has 0 bridgehead atoms. The van der Waals surface area contributed by atoms with E-state index in [-0.39, 0.29) is 6.10 Å². The van der Waals surface area contributed by atoms with E-state index >= 15 is 0 Å². The van der Waals surface area contributed by atoms with Crippen LogP contribution in [0.3, 0.4) is 0 Å². The maximum atomic E-state index is 9.68. The van der Waals surface area contributed by atoms with Crippen LogP contribution in [0.5, 0.6) is 0 Å². The van der Waals surface area contributed by atoms with Gasteiger partial charge >= 0.3 is 0 Å². The second kappa shape index (κ2) is 2.91. The molecule has 64 valence electrons. The predicted octanol–water partition coefficient (Wildman–Crippen LogP) is 2.62. The first kappa shape index (κ1) is 7.81. The zero-order valence-corrected chi connectivity index (χ0v) is 7.33. The third-order valence-electron chi connectivity index (χ3n) is 2.76. The van der Waals surface area contributed by atoms with Gasteiger partial charge in [-0.3, -0.25) is 0 Å². The van der Waals surface area contributed by atoms with Gasteiger partial charge < -0.3 is 5.11 Å². The van der Waals surface area contributed by atoms with Gasteiger partial charge in [0.25, 0.3) is 0 Å². The molecule has 0 radical (unpaired) electrons. The van der Waals surface area contributed by atoms with Crippen LogP contribution in [0.25, 0.3) is 0 Å². The van der Waals surface area contributed by atoms with Crippen LogP contribution in [-0.2, 0) is 0 Å². The highest BCUT2D eigenvalue weighted by Gasteiger charge is 2.21. The van der Waals surface area contributed by atoms with E-state index in [9.17, 15) is 5.11 Å². The Kier molecular flexibility index (Phi) is 1.89. The fourth-order valence-corrected chi connectivity index (χ4v) is 1.98. The summed E-state index contributed by atoms with van der Waals surface area (Å²) in [4.78, 5) is 0. The van der Waals surface area contributed by atoms with Crippen molar-refractivity contribution in [1.82, 2.24) is 0 Å². The van der Waals surface area contributed by atoms with Crippen molar-refractivity contribution in [2.45, 2.75) is 31.8 Å². The summed E-state index contributed by atoms with van der Waals surface area (Å²) in [5.41, 5.74) is 2.47. The van der Waals surface area contributed by atoms with E-state index in [0.717, 1.165) is 18.4 Å². The van der Waals surface area contributed by atoms with E-state index < -0.39 is 0 Å². The van der Waals surface area contributed by atoms with Crippen LogP contribution in [0.2, 0.25) is 0 Å². The molecule has 0 saturated heterocycles. The summed E-state index contributed by atoms with van der Waals surface area (Å²) in [5.74, 6) is 0.615. The van der Waals surface area contributed by atoms with Crippen molar-refractivity contribution in [3.05, 3.63) is 35.4 Å². The number of hydrogen-bond donors (Lipinski definition) is 1. The van der Waals surface area contributed by atoms with Crippen LogP contribution in [0.1, 0.15) is 42.9 Å². The number of benzene rings is 1. The van der Waals surface area contributed by atoms with Crippen LogP contribution < -0.4 is 0 Å². The lowest BCUT2D eigenvalue weighted by atomic mass is 9.82. The molecule has 0 fully saturated rings. The summed E-state index contributed by atoms with van der Waals surface area (Å²) in [6.45, 7) is 2.23. The van der Waals surface area contributed by atoms with Crippen molar-refractivity contribution in [1.29, 1.82) is 0 Å². The summed E-state index contributed by atoms with van der Waals surface area (Å²) >= 11 is 0. The topological polar surface area (TPSA) is 20.2 Å². The molecule has 1 aliphatic carbocycles. The summed E-state index contributed by atoms with van der Waals surface area (Å²) in [6.07, 6.45) is 1.80. The number of rotatable bonds is 0. The summed E-state index contributed by atoms with van der Waals surface area (Å²) in [6, 6.07) is 8.21. The van der Waals surface area contributed by atoms with Crippen LogP contribution in [0.15, 0.2) is 24.3 Å². The second-order valence-corrected chi connectivity index (χ2v) is 3.62. The van der Waals surface area contributed by atoms with E-state index in [1.54, 1.807) is 0 Å². The van der Waals surface area contributed by atoms with E-state index in [0.29, 0.717) is 5.92 Å². The van der Waals surface area contributed by atoms with Crippen LogP contribution >= 0.6 is 0 Å². The molecule has 0 heterocycles. The Morgan fingerprint density at radius 3 is 2.50 bits per heavy atom. The van der Waals surface area contributed by atoms with Gasteiger partial charge in [0.1, 0.15) is 0 Å². The number of hydrogen-bond acceptors (Lipinski definition) is 1. The highest BCUT2D eigenvalue weighted by atomic mass is 16.3. The van der Waals surface area contributed by atoms with Gasteiger partial charge in [-0.2, -0.15) is 0 Å². The average molecular weight is 162 g/mol. The maximum Gasteiger partial charge on any atom is 0.0793 e. The van der Waals surface area contributed by atoms with Crippen molar-refractivity contribution >= 4 is 0 Å². The Labute approximate surface area is 73.0 Å². The van der Waals surface area contributed by atoms with Gasteiger partial charge in [-0.1, -0.05) is 31.2 Å². The fourth-order valence-electron chi connectivity index (χ4n) is 1.98. The molecule has 1 N–H and O–H groups in total. The summed E-state index contributed by atoms with van der Waals surface area (Å²) in [7, 11) is 0.